The number of benzene rings is 2. The Bertz CT molecular complexity index is 1900. The summed E-state index contributed by atoms with van der Waals surface area (Å²) in [7, 11) is 1.47. The van der Waals surface area contributed by atoms with Crippen LogP contribution in [0.25, 0.3) is 32.9 Å². The summed E-state index contributed by atoms with van der Waals surface area (Å²) in [6, 6.07) is 5.63. The molecule has 0 bridgehead atoms. The van der Waals surface area contributed by atoms with Crippen LogP contribution in [0.2, 0.25) is 0 Å². The lowest BCUT2D eigenvalue weighted by Gasteiger charge is -2.39. The van der Waals surface area contributed by atoms with Gasteiger partial charge in [0.15, 0.2) is 5.82 Å². The number of hydrogen-bond acceptors (Lipinski definition) is 9. The molecule has 3 aliphatic heterocycles. The molecule has 48 heavy (non-hydrogen) atoms. The molecule has 254 valence electrons. The van der Waals surface area contributed by atoms with Gasteiger partial charge in [-0.3, -0.25) is 14.7 Å². The number of anilines is 1. The van der Waals surface area contributed by atoms with E-state index in [1.807, 2.05) is 4.90 Å². The van der Waals surface area contributed by atoms with Gasteiger partial charge < -0.3 is 24.6 Å². The minimum atomic E-state index is -1.07. The minimum Gasteiger partial charge on any atom is -0.508 e. The van der Waals surface area contributed by atoms with E-state index < -0.39 is 34.7 Å². The Labute approximate surface area is 275 Å². The van der Waals surface area contributed by atoms with Crippen LogP contribution in [0.5, 0.6) is 11.8 Å². The van der Waals surface area contributed by atoms with Crippen molar-refractivity contribution < 1.29 is 37.7 Å². The molecule has 0 saturated carbocycles. The first-order valence-corrected chi connectivity index (χ1v) is 16.4. The number of ether oxygens (including phenoxy) is 2. The van der Waals surface area contributed by atoms with Crippen molar-refractivity contribution in [2.45, 2.75) is 57.2 Å². The number of aromatic nitrogens is 3. The molecular formula is C35H38F3N5O5. The van der Waals surface area contributed by atoms with E-state index in [0.29, 0.717) is 54.6 Å². The Morgan fingerprint density at radius 1 is 1.10 bits per heavy atom. The number of piperidine rings is 1. The zero-order chi connectivity index (χ0) is 33.8. The molecule has 0 unspecified atom stereocenters. The van der Waals surface area contributed by atoms with Crippen molar-refractivity contribution in [3.05, 3.63) is 47.7 Å². The predicted octanol–water partition coefficient (Wildman–Crippen LogP) is 5.66. The summed E-state index contributed by atoms with van der Waals surface area (Å²) in [5.74, 6) is -1.99. The number of aliphatic carboxylic acids is 1. The summed E-state index contributed by atoms with van der Waals surface area (Å²) in [4.78, 5) is 29.9. The number of carboxylic acids is 1. The number of nitrogens with zero attached hydrogens (tertiary/aromatic N) is 5. The molecule has 3 saturated heterocycles. The van der Waals surface area contributed by atoms with E-state index in [9.17, 15) is 23.8 Å². The van der Waals surface area contributed by atoms with Crippen molar-refractivity contribution in [1.82, 2.24) is 19.9 Å². The number of pyridine rings is 1. The highest BCUT2D eigenvalue weighted by Crippen LogP contribution is 2.42. The number of carbonyl (C=O) groups is 1. The van der Waals surface area contributed by atoms with Gasteiger partial charge >= 0.3 is 12.0 Å². The van der Waals surface area contributed by atoms with Crippen molar-refractivity contribution in [3.63, 3.8) is 0 Å². The van der Waals surface area contributed by atoms with E-state index in [-0.39, 0.29) is 60.0 Å². The Kier molecular flexibility index (Phi) is 8.31. The number of methoxy groups -OCH3 is 1. The molecule has 2 aromatic carbocycles. The Hall–Kier alpha value is -4.23. The molecule has 7 rings (SSSR count). The second kappa shape index (κ2) is 12.3. The van der Waals surface area contributed by atoms with Gasteiger partial charge in [0.25, 0.3) is 0 Å². The average Bonchev–Trinajstić information content (AvgIpc) is 3.59. The maximum atomic E-state index is 16.9. The van der Waals surface area contributed by atoms with Crippen LogP contribution in [0.1, 0.15) is 44.6 Å². The molecule has 0 amide bonds. The first-order valence-electron chi connectivity index (χ1n) is 16.4. The maximum Gasteiger partial charge on any atom is 0.319 e. The highest BCUT2D eigenvalue weighted by atomic mass is 19.1. The first kappa shape index (κ1) is 32.3. The number of carboxylic acid groups (broad SMARTS) is 1. The third kappa shape index (κ3) is 5.36. The summed E-state index contributed by atoms with van der Waals surface area (Å²) in [5.41, 5.74) is -1.19. The monoisotopic (exact) mass is 665 g/mol. The molecule has 0 spiro atoms. The van der Waals surface area contributed by atoms with Gasteiger partial charge in [0.2, 0.25) is 0 Å². The second-order valence-corrected chi connectivity index (χ2v) is 13.4. The number of alkyl halides is 1. The van der Waals surface area contributed by atoms with Crippen LogP contribution in [-0.4, -0.2) is 94.2 Å². The number of aryl methyl sites for hydroxylation is 1. The van der Waals surface area contributed by atoms with Crippen LogP contribution in [0, 0.1) is 17.0 Å². The quantitative estimate of drug-likeness (QED) is 0.232. The largest absolute Gasteiger partial charge is 0.508 e. The second-order valence-electron chi connectivity index (χ2n) is 13.4. The zero-order valence-electron chi connectivity index (χ0n) is 26.9. The van der Waals surface area contributed by atoms with Gasteiger partial charge in [0, 0.05) is 44.9 Å². The van der Waals surface area contributed by atoms with E-state index in [2.05, 4.69) is 14.9 Å². The highest BCUT2D eigenvalue weighted by Gasteiger charge is 2.49. The smallest absolute Gasteiger partial charge is 0.319 e. The number of hydrogen-bond donors (Lipinski definition) is 2. The van der Waals surface area contributed by atoms with Crippen LogP contribution in [0.15, 0.2) is 30.5 Å². The van der Waals surface area contributed by atoms with E-state index in [1.165, 1.54) is 37.6 Å². The molecule has 0 radical (unpaired) electrons. The molecule has 2 N–H and O–H groups in total. The summed E-state index contributed by atoms with van der Waals surface area (Å²) < 4.78 is 57.8. The van der Waals surface area contributed by atoms with Gasteiger partial charge in [0.1, 0.15) is 41.4 Å². The number of phenols is 1. The Balaban J connectivity index is 1.35. The van der Waals surface area contributed by atoms with Gasteiger partial charge in [-0.1, -0.05) is 13.0 Å². The fraction of sp³-hybridized carbons (Fsp3) is 0.486. The van der Waals surface area contributed by atoms with Crippen LogP contribution in [0.3, 0.4) is 0 Å². The lowest BCUT2D eigenvalue weighted by Crippen LogP contribution is -2.47. The van der Waals surface area contributed by atoms with Crippen LogP contribution >= 0.6 is 0 Å². The number of halogens is 3. The lowest BCUT2D eigenvalue weighted by molar-refractivity contribution is -0.154. The summed E-state index contributed by atoms with van der Waals surface area (Å²) in [6.45, 7) is 3.69. The van der Waals surface area contributed by atoms with Crippen molar-refractivity contribution in [2.24, 2.45) is 5.41 Å². The molecule has 4 aromatic rings. The van der Waals surface area contributed by atoms with Gasteiger partial charge in [0.05, 0.1) is 22.9 Å². The molecule has 3 fully saturated rings. The van der Waals surface area contributed by atoms with Crippen molar-refractivity contribution in [3.8, 4) is 23.0 Å². The predicted molar refractivity (Wildman–Crippen MR) is 173 cm³/mol. The van der Waals surface area contributed by atoms with Crippen LogP contribution < -0.4 is 9.64 Å². The average molecular weight is 666 g/mol. The van der Waals surface area contributed by atoms with Crippen LogP contribution in [0.4, 0.5) is 19.0 Å². The normalized spacial score (nSPS) is 22.4. The van der Waals surface area contributed by atoms with Crippen molar-refractivity contribution >= 4 is 33.5 Å². The molecule has 13 heteroatoms. The molecule has 5 heterocycles. The van der Waals surface area contributed by atoms with Crippen molar-refractivity contribution in [1.29, 1.82) is 0 Å². The standard InChI is InChI=1S/C35H38F3N5O5/c1-3-23-26(37)6-5-20-13-22(44)14-24(27(20)23)29-28(38)30-25(16-39-29)31(42-11-8-34(9-12-42,18-47-2)32(45)46)41-33(40-30)48-19-35-7-4-10-43(35)17-21(36)15-35/h5-6,13-14,16,21,44H,3-4,7-12,15,17-19H2,1-2H3,(H,45,46)/t21-,35+/m1/s1. The zero-order valence-corrected chi connectivity index (χ0v) is 26.9. The highest BCUT2D eigenvalue weighted by molar-refractivity contribution is 6.01. The molecule has 3 aliphatic rings. The van der Waals surface area contributed by atoms with Gasteiger partial charge in [-0.25, -0.2) is 13.2 Å². The molecular weight excluding hydrogens is 627 g/mol. The van der Waals surface area contributed by atoms with Gasteiger partial charge in [-0.15, -0.1) is 0 Å². The SMILES string of the molecule is CCc1c(F)ccc2cc(O)cc(-c3ncc4c(N5CCC(COC)(C(=O)O)CC5)nc(OC[C@@]56CCCN5C[C@H](F)C6)nc4c3F)c12. The molecule has 2 atom stereocenters. The summed E-state index contributed by atoms with van der Waals surface area (Å²) >= 11 is 0. The first-order chi connectivity index (χ1) is 23.1. The van der Waals surface area contributed by atoms with E-state index in [4.69, 9.17) is 14.5 Å². The van der Waals surface area contributed by atoms with Crippen LogP contribution in [-0.2, 0) is 16.0 Å². The Morgan fingerprint density at radius 2 is 1.90 bits per heavy atom. The van der Waals surface area contributed by atoms with E-state index in [0.717, 1.165) is 19.4 Å². The van der Waals surface area contributed by atoms with Crippen molar-refractivity contribution in [2.75, 3.05) is 51.4 Å². The lowest BCUT2D eigenvalue weighted by atomic mass is 9.79. The third-order valence-electron chi connectivity index (χ3n) is 10.5. The molecule has 0 aliphatic carbocycles. The number of rotatable bonds is 9. The number of fused-ring (bicyclic) bond motifs is 3. The number of aromatic hydroxyl groups is 1. The fourth-order valence-electron chi connectivity index (χ4n) is 8.04. The van der Waals surface area contributed by atoms with Gasteiger partial charge in [-0.05, 0) is 73.2 Å². The number of phenolic OH excluding ortho intramolecular Hbond substituents is 1. The summed E-state index contributed by atoms with van der Waals surface area (Å²) in [5, 5.41) is 21.8. The van der Waals surface area contributed by atoms with E-state index in [1.54, 1.807) is 6.92 Å². The fourth-order valence-corrected chi connectivity index (χ4v) is 8.04. The minimum absolute atomic E-state index is 0.0565. The molecule has 10 nitrogen and oxygen atoms in total. The summed E-state index contributed by atoms with van der Waals surface area (Å²) in [6.07, 6.45) is 3.36. The van der Waals surface area contributed by atoms with Gasteiger partial charge in [-0.2, -0.15) is 9.97 Å². The maximum absolute atomic E-state index is 16.9. The van der Waals surface area contributed by atoms with E-state index >= 15 is 4.39 Å². The molecule has 2 aromatic heterocycles. The third-order valence-corrected chi connectivity index (χ3v) is 10.5. The topological polar surface area (TPSA) is 121 Å². The Morgan fingerprint density at radius 3 is 2.62 bits per heavy atom.